The summed E-state index contributed by atoms with van der Waals surface area (Å²) in [6, 6.07) is 9.26. The van der Waals surface area contributed by atoms with Crippen LogP contribution in [0.3, 0.4) is 0 Å². The highest BCUT2D eigenvalue weighted by molar-refractivity contribution is 7.92. The summed E-state index contributed by atoms with van der Waals surface area (Å²) < 4.78 is 26.4. The molecule has 21 heavy (non-hydrogen) atoms. The van der Waals surface area contributed by atoms with Crippen LogP contribution in [0.15, 0.2) is 35.7 Å². The Morgan fingerprint density at radius 3 is 2.52 bits per heavy atom. The van der Waals surface area contributed by atoms with Gasteiger partial charge >= 0.3 is 0 Å². The maximum absolute atomic E-state index is 11.9. The molecule has 0 aliphatic heterocycles. The zero-order chi connectivity index (χ0) is 15.3. The average Bonchev–Trinajstić information content (AvgIpc) is 2.48. The van der Waals surface area contributed by atoms with Crippen molar-refractivity contribution in [3.8, 4) is 0 Å². The first-order chi connectivity index (χ1) is 9.89. The normalized spacial score (nSPS) is 27.0. The third-order valence-corrected chi connectivity index (χ3v) is 5.09. The zero-order valence-corrected chi connectivity index (χ0v) is 13.1. The minimum absolute atomic E-state index is 0.0845. The number of hydrogen-bond acceptors (Lipinski definition) is 3. The SMILES string of the molecule is CC1CCC(O)(CNS(=O)(=O)C=Cc2ccccc2)CC1. The van der Waals surface area contributed by atoms with Crippen molar-refractivity contribution in [2.75, 3.05) is 6.54 Å². The first-order valence-electron chi connectivity index (χ1n) is 7.34. The molecule has 116 valence electrons. The van der Waals surface area contributed by atoms with E-state index < -0.39 is 15.6 Å². The van der Waals surface area contributed by atoms with E-state index >= 15 is 0 Å². The van der Waals surface area contributed by atoms with Gasteiger partial charge in [-0.05, 0) is 43.2 Å². The first kappa shape index (κ1) is 16.2. The van der Waals surface area contributed by atoms with E-state index in [2.05, 4.69) is 11.6 Å². The third-order valence-electron chi connectivity index (χ3n) is 4.05. The molecule has 5 heteroatoms. The molecule has 4 nitrogen and oxygen atoms in total. The molecule has 0 amide bonds. The van der Waals surface area contributed by atoms with Crippen molar-refractivity contribution in [1.29, 1.82) is 0 Å². The lowest BCUT2D eigenvalue weighted by Gasteiger charge is -2.34. The Hall–Kier alpha value is -1.17. The van der Waals surface area contributed by atoms with Gasteiger partial charge in [-0.2, -0.15) is 0 Å². The Morgan fingerprint density at radius 2 is 1.90 bits per heavy atom. The highest BCUT2D eigenvalue weighted by atomic mass is 32.2. The maximum Gasteiger partial charge on any atom is 0.233 e. The van der Waals surface area contributed by atoms with Crippen molar-refractivity contribution < 1.29 is 13.5 Å². The lowest BCUT2D eigenvalue weighted by molar-refractivity contribution is -0.00176. The van der Waals surface area contributed by atoms with E-state index in [9.17, 15) is 13.5 Å². The first-order valence-corrected chi connectivity index (χ1v) is 8.88. The van der Waals surface area contributed by atoms with Gasteiger partial charge in [0, 0.05) is 12.0 Å². The summed E-state index contributed by atoms with van der Waals surface area (Å²) in [4.78, 5) is 0. The van der Waals surface area contributed by atoms with Crippen LogP contribution in [-0.4, -0.2) is 25.7 Å². The van der Waals surface area contributed by atoms with Crippen molar-refractivity contribution in [3.63, 3.8) is 0 Å². The van der Waals surface area contributed by atoms with Gasteiger partial charge in [-0.3, -0.25) is 0 Å². The van der Waals surface area contributed by atoms with Gasteiger partial charge in [0.25, 0.3) is 0 Å². The Morgan fingerprint density at radius 1 is 1.29 bits per heavy atom. The van der Waals surface area contributed by atoms with Crippen LogP contribution in [0, 0.1) is 5.92 Å². The van der Waals surface area contributed by atoms with Gasteiger partial charge in [0.15, 0.2) is 0 Å². The molecule has 0 unspecified atom stereocenters. The highest BCUT2D eigenvalue weighted by Crippen LogP contribution is 2.31. The summed E-state index contributed by atoms with van der Waals surface area (Å²) in [5.74, 6) is 0.611. The van der Waals surface area contributed by atoms with Crippen molar-refractivity contribution in [1.82, 2.24) is 4.72 Å². The molecule has 2 N–H and O–H groups in total. The second-order valence-corrected chi connectivity index (χ2v) is 7.64. The Bertz CT molecular complexity index is 573. The molecule has 0 spiro atoms. The van der Waals surface area contributed by atoms with Gasteiger partial charge in [-0.1, -0.05) is 37.3 Å². The molecule has 1 fully saturated rings. The van der Waals surface area contributed by atoms with Gasteiger partial charge in [0.2, 0.25) is 10.0 Å². The van der Waals surface area contributed by atoms with E-state index in [0.29, 0.717) is 18.8 Å². The second-order valence-electron chi connectivity index (χ2n) is 5.99. The van der Waals surface area contributed by atoms with Crippen LogP contribution < -0.4 is 4.72 Å². The Kier molecular flexibility index (Phi) is 5.19. The summed E-state index contributed by atoms with van der Waals surface area (Å²) in [5, 5.41) is 11.5. The lowest BCUT2D eigenvalue weighted by atomic mass is 9.80. The Balaban J connectivity index is 1.91. The molecule has 0 saturated heterocycles. The van der Waals surface area contributed by atoms with Gasteiger partial charge in [-0.15, -0.1) is 0 Å². The van der Waals surface area contributed by atoms with Crippen LogP contribution in [-0.2, 0) is 10.0 Å². The predicted molar refractivity (Wildman–Crippen MR) is 85.0 cm³/mol. The van der Waals surface area contributed by atoms with Gasteiger partial charge in [0.1, 0.15) is 0 Å². The fraction of sp³-hybridized carbons (Fsp3) is 0.500. The van der Waals surface area contributed by atoms with Crippen molar-refractivity contribution in [2.45, 2.75) is 38.2 Å². The molecule has 0 heterocycles. The number of rotatable bonds is 5. The number of nitrogens with one attached hydrogen (secondary N) is 1. The van der Waals surface area contributed by atoms with Crippen LogP contribution in [0.1, 0.15) is 38.2 Å². The van der Waals surface area contributed by atoms with Crippen molar-refractivity contribution >= 4 is 16.1 Å². The summed E-state index contributed by atoms with van der Waals surface area (Å²) in [5.41, 5.74) is -0.0757. The lowest BCUT2D eigenvalue weighted by Crippen LogP contribution is -2.44. The monoisotopic (exact) mass is 309 g/mol. The molecular weight excluding hydrogens is 286 g/mol. The molecule has 1 saturated carbocycles. The summed E-state index contributed by atoms with van der Waals surface area (Å²) >= 11 is 0. The van der Waals surface area contributed by atoms with E-state index in [1.165, 1.54) is 0 Å². The topological polar surface area (TPSA) is 66.4 Å². The third kappa shape index (κ3) is 5.26. The average molecular weight is 309 g/mol. The van der Waals surface area contributed by atoms with Gasteiger partial charge < -0.3 is 5.11 Å². The highest BCUT2D eigenvalue weighted by Gasteiger charge is 2.32. The fourth-order valence-electron chi connectivity index (χ4n) is 2.49. The second kappa shape index (κ2) is 6.73. The minimum atomic E-state index is -3.52. The quantitative estimate of drug-likeness (QED) is 0.878. The van der Waals surface area contributed by atoms with E-state index in [1.807, 2.05) is 30.3 Å². The largest absolute Gasteiger partial charge is 0.389 e. The van der Waals surface area contributed by atoms with E-state index in [-0.39, 0.29) is 6.54 Å². The Labute approximate surface area is 126 Å². The molecule has 1 aliphatic rings. The van der Waals surface area contributed by atoms with Gasteiger partial charge in [-0.25, -0.2) is 13.1 Å². The summed E-state index contributed by atoms with van der Waals surface area (Å²) in [7, 11) is -3.52. The van der Waals surface area contributed by atoms with E-state index in [0.717, 1.165) is 23.8 Å². The fourth-order valence-corrected chi connectivity index (χ4v) is 3.39. The van der Waals surface area contributed by atoms with Gasteiger partial charge in [0.05, 0.1) is 5.60 Å². The maximum atomic E-state index is 11.9. The predicted octanol–water partition coefficient (Wildman–Crippen LogP) is 2.52. The van der Waals surface area contributed by atoms with E-state index in [4.69, 9.17) is 0 Å². The number of benzene rings is 1. The zero-order valence-electron chi connectivity index (χ0n) is 12.3. The summed E-state index contributed by atoms with van der Waals surface area (Å²) in [6.07, 6.45) is 4.74. The van der Waals surface area contributed by atoms with Crippen LogP contribution in [0.25, 0.3) is 6.08 Å². The smallest absolute Gasteiger partial charge is 0.233 e. The van der Waals surface area contributed by atoms with Crippen LogP contribution >= 0.6 is 0 Å². The number of aliphatic hydroxyl groups is 1. The minimum Gasteiger partial charge on any atom is -0.389 e. The molecule has 2 rings (SSSR count). The summed E-state index contributed by atoms with van der Waals surface area (Å²) in [6.45, 7) is 2.24. The molecule has 1 aromatic carbocycles. The molecular formula is C16H23NO3S. The number of sulfonamides is 1. The van der Waals surface area contributed by atoms with Crippen LogP contribution in [0.5, 0.6) is 0 Å². The molecule has 0 atom stereocenters. The molecule has 1 aliphatic carbocycles. The van der Waals surface area contributed by atoms with Crippen LogP contribution in [0.2, 0.25) is 0 Å². The van der Waals surface area contributed by atoms with Crippen LogP contribution in [0.4, 0.5) is 0 Å². The molecule has 0 radical (unpaired) electrons. The molecule has 0 bridgehead atoms. The number of hydrogen-bond donors (Lipinski definition) is 2. The van der Waals surface area contributed by atoms with E-state index in [1.54, 1.807) is 6.08 Å². The van der Waals surface area contributed by atoms with Crippen molar-refractivity contribution in [2.24, 2.45) is 5.92 Å². The molecule has 1 aromatic rings. The van der Waals surface area contributed by atoms with Crippen molar-refractivity contribution in [3.05, 3.63) is 41.3 Å². The standard InChI is InChI=1S/C16H23NO3S/c1-14-7-10-16(18,11-8-14)13-17-21(19,20)12-9-15-5-3-2-4-6-15/h2-6,9,12,14,17-18H,7-8,10-11,13H2,1H3. The molecule has 0 aromatic heterocycles.